The van der Waals surface area contributed by atoms with Gasteiger partial charge in [0.05, 0.1) is 10.6 Å². The van der Waals surface area contributed by atoms with Crippen LogP contribution in [0.4, 0.5) is 17.1 Å². The molecule has 0 radical (unpaired) electrons. The van der Waals surface area contributed by atoms with Crippen LogP contribution < -0.4 is 10.2 Å². The molecule has 2 aromatic carbocycles. The second kappa shape index (κ2) is 5.12. The highest BCUT2D eigenvalue weighted by atomic mass is 16.6. The number of hydrogen-bond acceptors (Lipinski definition) is 5. The van der Waals surface area contributed by atoms with Crippen LogP contribution in [-0.4, -0.2) is 28.9 Å². The minimum atomic E-state index is -2.21. The molecule has 8 heteroatoms. The predicted molar refractivity (Wildman–Crippen MR) is 93.0 cm³/mol. The van der Waals surface area contributed by atoms with E-state index < -0.39 is 28.3 Å². The number of rotatable bonds is 2. The van der Waals surface area contributed by atoms with Crippen LogP contribution in [0.1, 0.15) is 22.6 Å². The summed E-state index contributed by atoms with van der Waals surface area (Å²) in [5.41, 5.74) is -0.505. The molecule has 132 valence electrons. The summed E-state index contributed by atoms with van der Waals surface area (Å²) in [6.07, 6.45) is 0. The Kier molecular flexibility index (Phi) is 3.19. The Bertz CT molecular complexity index is 1000. The van der Waals surface area contributed by atoms with Gasteiger partial charge in [0.1, 0.15) is 5.92 Å². The fourth-order valence-electron chi connectivity index (χ4n) is 3.98. The second-order valence-corrected chi connectivity index (χ2v) is 6.56. The first kappa shape index (κ1) is 16.2. The average Bonchev–Trinajstić information content (AvgIpc) is 3.03. The molecular formula is C18H15N3O5. The molecule has 2 heterocycles. The molecule has 8 nitrogen and oxygen atoms in total. The van der Waals surface area contributed by atoms with Gasteiger partial charge in [-0.1, -0.05) is 18.2 Å². The van der Waals surface area contributed by atoms with Gasteiger partial charge in [-0.3, -0.25) is 19.7 Å². The van der Waals surface area contributed by atoms with Crippen molar-refractivity contribution in [3.63, 3.8) is 0 Å². The van der Waals surface area contributed by atoms with Crippen molar-refractivity contribution in [3.8, 4) is 0 Å². The van der Waals surface area contributed by atoms with E-state index in [4.69, 9.17) is 0 Å². The highest BCUT2D eigenvalue weighted by Crippen LogP contribution is 2.53. The van der Waals surface area contributed by atoms with Gasteiger partial charge in [0, 0.05) is 30.4 Å². The van der Waals surface area contributed by atoms with Gasteiger partial charge in [-0.25, -0.2) is 0 Å². The third kappa shape index (κ3) is 1.87. The van der Waals surface area contributed by atoms with Gasteiger partial charge in [-0.05, 0) is 24.1 Å². The zero-order chi connectivity index (χ0) is 18.8. The summed E-state index contributed by atoms with van der Waals surface area (Å²) >= 11 is 0. The van der Waals surface area contributed by atoms with Crippen molar-refractivity contribution in [1.82, 2.24) is 0 Å². The number of hydrogen-bond donors (Lipinski definition) is 2. The summed E-state index contributed by atoms with van der Waals surface area (Å²) in [4.78, 5) is 37.5. The van der Waals surface area contributed by atoms with Crippen LogP contribution in [0.2, 0.25) is 0 Å². The lowest BCUT2D eigenvalue weighted by molar-refractivity contribution is -0.385. The highest BCUT2D eigenvalue weighted by molar-refractivity contribution is 6.15. The van der Waals surface area contributed by atoms with E-state index in [9.17, 15) is 24.8 Å². The lowest BCUT2D eigenvalue weighted by Gasteiger charge is -2.27. The van der Waals surface area contributed by atoms with Crippen LogP contribution in [0.5, 0.6) is 0 Å². The number of carbonyl (C=O) groups is 2. The Balaban J connectivity index is 2.00. The maximum Gasteiger partial charge on any atom is 0.270 e. The van der Waals surface area contributed by atoms with E-state index in [1.807, 2.05) is 0 Å². The van der Waals surface area contributed by atoms with Crippen molar-refractivity contribution >= 4 is 28.9 Å². The molecule has 0 fully saturated rings. The summed E-state index contributed by atoms with van der Waals surface area (Å²) in [5.74, 6) is -2.39. The number of nitro groups is 1. The van der Waals surface area contributed by atoms with Crippen molar-refractivity contribution in [2.45, 2.75) is 18.4 Å². The third-order valence-electron chi connectivity index (χ3n) is 5.08. The van der Waals surface area contributed by atoms with Gasteiger partial charge in [0.25, 0.3) is 11.6 Å². The largest absolute Gasteiger partial charge is 0.374 e. The molecule has 2 N–H and O–H groups in total. The van der Waals surface area contributed by atoms with Gasteiger partial charge in [-0.2, -0.15) is 0 Å². The lowest BCUT2D eigenvalue weighted by Crippen LogP contribution is -2.45. The summed E-state index contributed by atoms with van der Waals surface area (Å²) in [6.45, 7) is 1.63. The first-order valence-corrected chi connectivity index (χ1v) is 7.96. The van der Waals surface area contributed by atoms with Gasteiger partial charge >= 0.3 is 0 Å². The average molecular weight is 353 g/mol. The van der Waals surface area contributed by atoms with E-state index in [-0.39, 0.29) is 11.3 Å². The second-order valence-electron chi connectivity index (χ2n) is 6.56. The Morgan fingerprint density at radius 1 is 1.27 bits per heavy atom. The number of nitro benzene ring substituents is 1. The zero-order valence-electron chi connectivity index (χ0n) is 14.0. The number of amides is 2. The summed E-state index contributed by atoms with van der Waals surface area (Å²) in [5, 5.41) is 25.4. The Hall–Kier alpha value is -3.26. The first-order valence-electron chi connectivity index (χ1n) is 7.96. The number of nitrogens with zero attached hydrogens (tertiary/aromatic N) is 2. The van der Waals surface area contributed by atoms with Crippen molar-refractivity contribution in [3.05, 3.63) is 63.2 Å². The molecule has 2 aliphatic heterocycles. The molecule has 2 aromatic rings. The number of nitrogens with one attached hydrogen (secondary N) is 1. The van der Waals surface area contributed by atoms with E-state index in [1.54, 1.807) is 31.2 Å². The number of non-ortho nitro benzene ring substituents is 1. The number of aliphatic hydroxyl groups is 1. The molecule has 0 aliphatic carbocycles. The number of anilines is 2. The van der Waals surface area contributed by atoms with Crippen LogP contribution in [0.25, 0.3) is 0 Å². The molecule has 2 amide bonds. The molecule has 0 bridgehead atoms. The third-order valence-corrected chi connectivity index (χ3v) is 5.08. The van der Waals surface area contributed by atoms with Gasteiger partial charge in [0.15, 0.2) is 5.60 Å². The standard InChI is InChI=1S/C18H15N3O5/c1-9-7-10(21(25)26)8-12-15(9)20(2)17(23)18(12,24)14-11-5-3-4-6-13(11)19-16(14)22/h3-8,14,24H,1-2H3,(H,19,22)/t14-,18+/m1/s1. The summed E-state index contributed by atoms with van der Waals surface area (Å²) < 4.78 is 0. The lowest BCUT2D eigenvalue weighted by atomic mass is 9.78. The fourth-order valence-corrected chi connectivity index (χ4v) is 3.98. The molecule has 2 atom stereocenters. The van der Waals surface area contributed by atoms with E-state index >= 15 is 0 Å². The zero-order valence-corrected chi connectivity index (χ0v) is 14.0. The van der Waals surface area contributed by atoms with Crippen LogP contribution in [0.3, 0.4) is 0 Å². The Morgan fingerprint density at radius 3 is 2.65 bits per heavy atom. The predicted octanol–water partition coefficient (Wildman–Crippen LogP) is 1.80. The van der Waals surface area contributed by atoms with Crippen LogP contribution >= 0.6 is 0 Å². The number of likely N-dealkylation sites (N-methyl/N-ethyl adjacent to an activating group) is 1. The SMILES string of the molecule is Cc1cc([N+](=O)[O-])cc2c1N(C)C(=O)[C@@]2(O)[C@H]1C(=O)Nc2ccccc21. The van der Waals surface area contributed by atoms with E-state index in [2.05, 4.69) is 5.32 Å². The molecule has 0 saturated carbocycles. The Labute approximate surface area is 148 Å². The van der Waals surface area contributed by atoms with Crippen molar-refractivity contribution < 1.29 is 19.6 Å². The fraction of sp³-hybridized carbons (Fsp3) is 0.222. The van der Waals surface area contributed by atoms with Crippen molar-refractivity contribution in [1.29, 1.82) is 0 Å². The number of carbonyl (C=O) groups excluding carboxylic acids is 2. The number of fused-ring (bicyclic) bond motifs is 2. The minimum absolute atomic E-state index is 0.0774. The molecule has 0 unspecified atom stereocenters. The van der Waals surface area contributed by atoms with E-state index in [1.165, 1.54) is 24.1 Å². The van der Waals surface area contributed by atoms with E-state index in [0.717, 1.165) is 0 Å². The number of benzene rings is 2. The molecular weight excluding hydrogens is 338 g/mol. The van der Waals surface area contributed by atoms with E-state index in [0.29, 0.717) is 22.5 Å². The van der Waals surface area contributed by atoms with Gasteiger partial charge in [0.2, 0.25) is 5.91 Å². The topological polar surface area (TPSA) is 113 Å². The summed E-state index contributed by atoms with van der Waals surface area (Å²) in [7, 11) is 1.48. The molecule has 4 rings (SSSR count). The summed E-state index contributed by atoms with van der Waals surface area (Å²) in [6, 6.07) is 9.30. The molecule has 2 aliphatic rings. The van der Waals surface area contributed by atoms with Crippen molar-refractivity contribution in [2.24, 2.45) is 0 Å². The maximum absolute atomic E-state index is 13.0. The molecule has 0 saturated heterocycles. The quantitative estimate of drug-likeness (QED) is 0.631. The van der Waals surface area contributed by atoms with Gasteiger partial charge in [-0.15, -0.1) is 0 Å². The number of aryl methyl sites for hydroxylation is 1. The highest BCUT2D eigenvalue weighted by Gasteiger charge is 2.59. The van der Waals surface area contributed by atoms with Crippen LogP contribution in [-0.2, 0) is 15.2 Å². The number of para-hydroxylation sites is 1. The maximum atomic E-state index is 13.0. The molecule has 0 aromatic heterocycles. The molecule has 26 heavy (non-hydrogen) atoms. The van der Waals surface area contributed by atoms with Crippen LogP contribution in [0, 0.1) is 17.0 Å². The smallest absolute Gasteiger partial charge is 0.270 e. The van der Waals surface area contributed by atoms with Crippen molar-refractivity contribution in [2.75, 3.05) is 17.3 Å². The first-order chi connectivity index (χ1) is 12.3. The van der Waals surface area contributed by atoms with Crippen LogP contribution in [0.15, 0.2) is 36.4 Å². The minimum Gasteiger partial charge on any atom is -0.374 e. The normalized spacial score (nSPS) is 23.7. The van der Waals surface area contributed by atoms with Gasteiger partial charge < -0.3 is 15.3 Å². The Morgan fingerprint density at radius 2 is 1.96 bits per heavy atom. The monoisotopic (exact) mass is 353 g/mol. The molecule has 0 spiro atoms.